The highest BCUT2D eigenvalue weighted by molar-refractivity contribution is 7.80. The molecule has 1 rings (SSSR count). The Hall–Kier alpha value is -1.64. The van der Waals surface area contributed by atoms with Crippen LogP contribution in [0, 0.1) is 0 Å². The van der Waals surface area contributed by atoms with E-state index >= 15 is 0 Å². The van der Waals surface area contributed by atoms with Gasteiger partial charge in [-0.25, -0.2) is 4.79 Å². The lowest BCUT2D eigenvalue weighted by Crippen LogP contribution is -2.34. The Bertz CT molecular complexity index is 438. The molecule has 1 aromatic carbocycles. The van der Waals surface area contributed by atoms with Crippen LogP contribution in [-0.2, 0) is 0 Å². The number of hydrogen-bond donors (Lipinski definition) is 5. The topological polar surface area (TPSA) is 116 Å². The summed E-state index contributed by atoms with van der Waals surface area (Å²) in [6, 6.07) is 3.74. The first-order chi connectivity index (χ1) is 7.41. The van der Waals surface area contributed by atoms with Crippen molar-refractivity contribution in [1.82, 2.24) is 0 Å². The van der Waals surface area contributed by atoms with Gasteiger partial charge in [0.05, 0.1) is 5.56 Å². The molecule has 0 aliphatic heterocycles. The third-order valence-electron chi connectivity index (χ3n) is 1.84. The first-order valence-corrected chi connectivity index (χ1v) is 4.62. The zero-order valence-electron chi connectivity index (χ0n) is 8.04. The molecular weight excluding hydrogens is 231 g/mol. The molecule has 16 heavy (non-hydrogen) atoms. The summed E-state index contributed by atoms with van der Waals surface area (Å²) < 4.78 is 0. The molecule has 1 aromatic rings. The quantitative estimate of drug-likeness (QED) is 0.330. The summed E-state index contributed by atoms with van der Waals surface area (Å²) in [5.74, 6) is -1.13. The largest absolute Gasteiger partial charge is 0.490 e. The Morgan fingerprint density at radius 2 is 2.06 bits per heavy atom. The molecule has 0 amide bonds. The molecule has 8 heteroatoms. The van der Waals surface area contributed by atoms with Crippen molar-refractivity contribution in [3.05, 3.63) is 23.8 Å². The Morgan fingerprint density at radius 1 is 1.44 bits per heavy atom. The van der Waals surface area contributed by atoms with Crippen molar-refractivity contribution < 1.29 is 19.9 Å². The molecule has 0 unspecified atom stereocenters. The van der Waals surface area contributed by atoms with Crippen LogP contribution >= 0.6 is 12.2 Å². The van der Waals surface area contributed by atoms with E-state index < -0.39 is 13.1 Å². The minimum absolute atomic E-state index is 0.0110. The summed E-state index contributed by atoms with van der Waals surface area (Å²) in [6.45, 7) is 0. The maximum absolute atomic E-state index is 10.7. The number of nitrogens with one attached hydrogen (secondary N) is 1. The third kappa shape index (κ3) is 2.93. The number of aromatic carboxylic acids is 1. The lowest BCUT2D eigenvalue weighted by atomic mass is 9.78. The van der Waals surface area contributed by atoms with Crippen LogP contribution < -0.4 is 16.5 Å². The van der Waals surface area contributed by atoms with Gasteiger partial charge in [-0.1, -0.05) is 6.07 Å². The van der Waals surface area contributed by atoms with E-state index in [1.165, 1.54) is 18.2 Å². The smallest absolute Gasteiger partial charge is 0.478 e. The van der Waals surface area contributed by atoms with Crippen molar-refractivity contribution in [3.8, 4) is 0 Å². The lowest BCUT2D eigenvalue weighted by molar-refractivity contribution is 0.0697. The minimum atomic E-state index is -1.74. The predicted octanol–water partition coefficient (Wildman–Crippen LogP) is -1.28. The highest BCUT2D eigenvalue weighted by atomic mass is 32.1. The molecule has 0 aliphatic carbocycles. The number of anilines is 1. The SMILES string of the molecule is NC(=S)Nc1cc(C(=O)O)ccc1B(O)O. The van der Waals surface area contributed by atoms with Gasteiger partial charge in [0.15, 0.2) is 5.11 Å². The van der Waals surface area contributed by atoms with Crippen molar-refractivity contribution in [3.63, 3.8) is 0 Å². The second-order valence-corrected chi connectivity index (χ2v) is 3.41. The fraction of sp³-hybridized carbons (Fsp3) is 0. The summed E-state index contributed by atoms with van der Waals surface area (Å²) in [7, 11) is -1.74. The Labute approximate surface area is 96.8 Å². The van der Waals surface area contributed by atoms with Gasteiger partial charge in [0.1, 0.15) is 0 Å². The fourth-order valence-corrected chi connectivity index (χ4v) is 1.27. The lowest BCUT2D eigenvalue weighted by Gasteiger charge is -2.10. The van der Waals surface area contributed by atoms with Crippen LogP contribution in [0.25, 0.3) is 0 Å². The maximum atomic E-state index is 10.7. The molecular formula is C8H9BN2O4S. The average Bonchev–Trinajstić information content (AvgIpc) is 2.15. The highest BCUT2D eigenvalue weighted by Gasteiger charge is 2.18. The fourth-order valence-electron chi connectivity index (χ4n) is 1.16. The first kappa shape index (κ1) is 12.4. The zero-order chi connectivity index (χ0) is 12.3. The molecule has 0 atom stereocenters. The van der Waals surface area contributed by atoms with E-state index in [1.807, 2.05) is 0 Å². The van der Waals surface area contributed by atoms with E-state index in [2.05, 4.69) is 17.5 Å². The number of carbonyl (C=O) groups is 1. The maximum Gasteiger partial charge on any atom is 0.490 e. The normalized spacial score (nSPS) is 9.62. The minimum Gasteiger partial charge on any atom is -0.478 e. The molecule has 6 nitrogen and oxygen atoms in total. The zero-order valence-corrected chi connectivity index (χ0v) is 8.86. The van der Waals surface area contributed by atoms with E-state index in [9.17, 15) is 4.79 Å². The second kappa shape index (κ2) is 4.93. The molecule has 0 saturated carbocycles. The summed E-state index contributed by atoms with van der Waals surface area (Å²) in [6.07, 6.45) is 0. The van der Waals surface area contributed by atoms with Crippen molar-refractivity contribution >= 4 is 41.6 Å². The molecule has 6 N–H and O–H groups in total. The molecule has 0 saturated heterocycles. The molecule has 0 fully saturated rings. The van der Waals surface area contributed by atoms with Crippen LogP contribution in [0.5, 0.6) is 0 Å². The van der Waals surface area contributed by atoms with Gasteiger partial charge in [-0.05, 0) is 24.4 Å². The Kier molecular flexibility index (Phi) is 3.83. The summed E-state index contributed by atoms with van der Waals surface area (Å²) >= 11 is 4.59. The molecule has 0 spiro atoms. The summed E-state index contributed by atoms with van der Waals surface area (Å²) in [5, 5.41) is 29.2. The van der Waals surface area contributed by atoms with Crippen LogP contribution in [0.4, 0.5) is 5.69 Å². The average molecular weight is 240 g/mol. The van der Waals surface area contributed by atoms with Crippen molar-refractivity contribution in [2.75, 3.05) is 5.32 Å². The first-order valence-electron chi connectivity index (χ1n) is 4.21. The Balaban J connectivity index is 3.20. The van der Waals surface area contributed by atoms with Gasteiger partial charge in [0.25, 0.3) is 0 Å². The van der Waals surface area contributed by atoms with Crippen LogP contribution in [0.3, 0.4) is 0 Å². The van der Waals surface area contributed by atoms with E-state index in [4.69, 9.17) is 20.9 Å². The predicted molar refractivity (Wildman–Crippen MR) is 63.6 cm³/mol. The molecule has 0 bridgehead atoms. The van der Waals surface area contributed by atoms with Gasteiger partial charge >= 0.3 is 13.1 Å². The second-order valence-electron chi connectivity index (χ2n) is 2.97. The van der Waals surface area contributed by atoms with Crippen LogP contribution in [-0.4, -0.2) is 33.4 Å². The number of carboxylic acids is 1. The van der Waals surface area contributed by atoms with Crippen LogP contribution in [0.2, 0.25) is 0 Å². The standard InChI is InChI=1S/C8H9BN2O4S/c10-8(16)11-6-3-4(7(12)13)1-2-5(6)9(14)15/h1-3,14-15H,(H,12,13)(H3,10,11,16). The van der Waals surface area contributed by atoms with Gasteiger partial charge in [0, 0.05) is 11.2 Å². The number of rotatable bonds is 3. The van der Waals surface area contributed by atoms with Gasteiger partial charge in [-0.15, -0.1) is 0 Å². The Morgan fingerprint density at radius 3 is 2.50 bits per heavy atom. The van der Waals surface area contributed by atoms with Gasteiger partial charge in [-0.3, -0.25) is 0 Å². The van der Waals surface area contributed by atoms with E-state index in [0.717, 1.165) is 0 Å². The number of benzene rings is 1. The molecule has 0 heterocycles. The number of thiocarbonyl (C=S) groups is 1. The number of nitrogens with two attached hydrogens (primary N) is 1. The van der Waals surface area contributed by atoms with Gasteiger partial charge in [0.2, 0.25) is 0 Å². The number of hydrogen-bond acceptors (Lipinski definition) is 4. The van der Waals surface area contributed by atoms with Crippen molar-refractivity contribution in [2.45, 2.75) is 0 Å². The van der Waals surface area contributed by atoms with E-state index in [-0.39, 0.29) is 21.8 Å². The summed E-state index contributed by atoms with van der Waals surface area (Å²) in [4.78, 5) is 10.7. The third-order valence-corrected chi connectivity index (χ3v) is 1.94. The monoisotopic (exact) mass is 240 g/mol. The highest BCUT2D eigenvalue weighted by Crippen LogP contribution is 2.09. The molecule has 0 aliphatic rings. The molecule has 84 valence electrons. The molecule has 0 aromatic heterocycles. The summed E-state index contributed by atoms with van der Waals surface area (Å²) in [5.41, 5.74) is 5.47. The van der Waals surface area contributed by atoms with Gasteiger partial charge in [-0.2, -0.15) is 0 Å². The van der Waals surface area contributed by atoms with E-state index in [0.29, 0.717) is 0 Å². The number of carboxylic acid groups (broad SMARTS) is 1. The van der Waals surface area contributed by atoms with Gasteiger partial charge < -0.3 is 26.2 Å². The van der Waals surface area contributed by atoms with Crippen LogP contribution in [0.1, 0.15) is 10.4 Å². The van der Waals surface area contributed by atoms with Crippen LogP contribution in [0.15, 0.2) is 18.2 Å². The van der Waals surface area contributed by atoms with E-state index in [1.54, 1.807) is 0 Å². The van der Waals surface area contributed by atoms with Crippen molar-refractivity contribution in [2.24, 2.45) is 5.73 Å². The molecule has 0 radical (unpaired) electrons. The van der Waals surface area contributed by atoms with Crippen molar-refractivity contribution in [1.29, 1.82) is 0 Å².